The van der Waals surface area contributed by atoms with E-state index in [4.69, 9.17) is 16.2 Å². The third-order valence-corrected chi connectivity index (χ3v) is 2.60. The zero-order chi connectivity index (χ0) is 12.4. The monoisotopic (exact) mass is 251 g/mol. The molecule has 0 bridgehead atoms. The van der Waals surface area contributed by atoms with Crippen molar-refractivity contribution in [3.05, 3.63) is 36.3 Å². The number of rotatable bonds is 2. The maximum atomic E-state index is 13.4. The molecule has 2 aromatic rings. The number of benzene rings is 1. The molecule has 0 fully saturated rings. The van der Waals surface area contributed by atoms with Crippen LogP contribution in [-0.4, -0.2) is 4.98 Å². The normalized spacial score (nSPS) is 10.2. The minimum Gasteiger partial charge on any atom is -0.457 e. The standard InChI is InChI=1S/C11H11FN3OP/c12-8-3-7(4-9(17)11(8)14)16-6-1-2-15-10(13)5-6/h1-5H,14,17H2,(H2,13,15). The van der Waals surface area contributed by atoms with E-state index in [1.165, 1.54) is 12.3 Å². The van der Waals surface area contributed by atoms with Crippen LogP contribution >= 0.6 is 9.24 Å². The van der Waals surface area contributed by atoms with Gasteiger partial charge >= 0.3 is 0 Å². The molecule has 2 rings (SSSR count). The Balaban J connectivity index is 2.31. The highest BCUT2D eigenvalue weighted by Crippen LogP contribution is 2.24. The maximum absolute atomic E-state index is 13.4. The molecule has 0 saturated carbocycles. The van der Waals surface area contributed by atoms with Crippen molar-refractivity contribution in [3.63, 3.8) is 0 Å². The molecule has 1 atom stereocenters. The first-order chi connectivity index (χ1) is 8.06. The second-order valence-corrected chi connectivity index (χ2v) is 4.05. The Bertz CT molecular complexity index is 539. The number of nitrogens with zero attached hydrogens (tertiary/aromatic N) is 1. The van der Waals surface area contributed by atoms with Gasteiger partial charge in [-0.15, -0.1) is 9.24 Å². The highest BCUT2D eigenvalue weighted by Gasteiger charge is 2.06. The molecule has 0 amide bonds. The lowest BCUT2D eigenvalue weighted by atomic mass is 10.3. The van der Waals surface area contributed by atoms with Gasteiger partial charge in [0.15, 0.2) is 0 Å². The van der Waals surface area contributed by atoms with Crippen molar-refractivity contribution in [2.45, 2.75) is 0 Å². The molecule has 0 radical (unpaired) electrons. The summed E-state index contributed by atoms with van der Waals surface area (Å²) >= 11 is 0. The predicted molar refractivity (Wildman–Crippen MR) is 68.9 cm³/mol. The van der Waals surface area contributed by atoms with E-state index >= 15 is 0 Å². The van der Waals surface area contributed by atoms with E-state index in [1.807, 2.05) is 0 Å². The lowest BCUT2D eigenvalue weighted by Gasteiger charge is -2.08. The quantitative estimate of drug-likeness (QED) is 0.629. The molecule has 1 unspecified atom stereocenters. The molecule has 0 aliphatic rings. The van der Waals surface area contributed by atoms with Gasteiger partial charge in [0.1, 0.15) is 23.1 Å². The molecule has 4 N–H and O–H groups in total. The summed E-state index contributed by atoms with van der Waals surface area (Å²) in [5.41, 5.74) is 11.1. The number of hydrogen-bond acceptors (Lipinski definition) is 4. The number of hydrogen-bond donors (Lipinski definition) is 2. The van der Waals surface area contributed by atoms with Crippen LogP contribution in [0.5, 0.6) is 11.5 Å². The number of halogens is 1. The van der Waals surface area contributed by atoms with Gasteiger partial charge in [-0.2, -0.15) is 0 Å². The summed E-state index contributed by atoms with van der Waals surface area (Å²) in [6, 6.07) is 6.03. The first-order valence-corrected chi connectivity index (χ1v) is 5.38. The fourth-order valence-electron chi connectivity index (χ4n) is 1.30. The van der Waals surface area contributed by atoms with Crippen LogP contribution in [0.3, 0.4) is 0 Å². The van der Waals surface area contributed by atoms with Crippen LogP contribution in [0.4, 0.5) is 15.9 Å². The lowest BCUT2D eigenvalue weighted by molar-refractivity contribution is 0.477. The molecule has 6 heteroatoms. The summed E-state index contributed by atoms with van der Waals surface area (Å²) in [4.78, 5) is 3.83. The van der Waals surface area contributed by atoms with Crippen molar-refractivity contribution in [2.75, 3.05) is 11.5 Å². The Morgan fingerprint density at radius 1 is 1.18 bits per heavy atom. The molecule has 0 saturated heterocycles. The Labute approximate surface area is 100.0 Å². The molecule has 4 nitrogen and oxygen atoms in total. The summed E-state index contributed by atoms with van der Waals surface area (Å²) in [7, 11) is 2.35. The van der Waals surface area contributed by atoms with E-state index in [0.29, 0.717) is 22.6 Å². The average Bonchev–Trinajstić information content (AvgIpc) is 2.26. The topological polar surface area (TPSA) is 74.2 Å². The first-order valence-electron chi connectivity index (χ1n) is 4.80. The predicted octanol–water partition coefficient (Wildman–Crippen LogP) is 1.68. The van der Waals surface area contributed by atoms with Crippen molar-refractivity contribution in [2.24, 2.45) is 0 Å². The molecular weight excluding hydrogens is 240 g/mol. The number of aromatic nitrogens is 1. The average molecular weight is 251 g/mol. The van der Waals surface area contributed by atoms with E-state index in [-0.39, 0.29) is 5.69 Å². The number of ether oxygens (including phenoxy) is 1. The summed E-state index contributed by atoms with van der Waals surface area (Å²) in [6.07, 6.45) is 1.51. The van der Waals surface area contributed by atoms with Gasteiger partial charge in [0.25, 0.3) is 0 Å². The number of anilines is 2. The molecule has 1 aromatic carbocycles. The smallest absolute Gasteiger partial charge is 0.150 e. The highest BCUT2D eigenvalue weighted by atomic mass is 31.0. The molecule has 1 heterocycles. The fourth-order valence-corrected chi connectivity index (χ4v) is 1.60. The second kappa shape index (κ2) is 4.55. The summed E-state index contributed by atoms with van der Waals surface area (Å²) in [5.74, 6) is 0.664. The van der Waals surface area contributed by atoms with Crippen molar-refractivity contribution in [1.29, 1.82) is 0 Å². The number of nitrogens with two attached hydrogens (primary N) is 2. The molecule has 0 spiro atoms. The number of nitrogen functional groups attached to an aromatic ring is 2. The molecule has 0 aliphatic heterocycles. The van der Waals surface area contributed by atoms with Gasteiger partial charge in [0.05, 0.1) is 5.69 Å². The van der Waals surface area contributed by atoms with Crippen LogP contribution in [0.25, 0.3) is 0 Å². The van der Waals surface area contributed by atoms with Crippen LogP contribution in [0.1, 0.15) is 0 Å². The van der Waals surface area contributed by atoms with Crippen LogP contribution < -0.4 is 21.5 Å². The Hall–Kier alpha value is -1.87. The SMILES string of the molecule is Nc1cc(Oc2cc(F)c(N)c(P)c2)ccn1. The highest BCUT2D eigenvalue weighted by molar-refractivity contribution is 7.28. The summed E-state index contributed by atoms with van der Waals surface area (Å²) in [6.45, 7) is 0. The minimum atomic E-state index is -0.519. The molecule has 88 valence electrons. The van der Waals surface area contributed by atoms with Gasteiger partial charge in [0, 0.05) is 18.3 Å². The van der Waals surface area contributed by atoms with Crippen molar-refractivity contribution in [1.82, 2.24) is 4.98 Å². The first kappa shape index (κ1) is 11.6. The second-order valence-electron chi connectivity index (χ2n) is 3.43. The van der Waals surface area contributed by atoms with Crippen LogP contribution in [-0.2, 0) is 0 Å². The van der Waals surface area contributed by atoms with Crippen molar-refractivity contribution < 1.29 is 9.13 Å². The molecule has 17 heavy (non-hydrogen) atoms. The third-order valence-electron chi connectivity index (χ3n) is 2.12. The van der Waals surface area contributed by atoms with E-state index in [2.05, 4.69) is 14.2 Å². The van der Waals surface area contributed by atoms with Gasteiger partial charge in [-0.25, -0.2) is 9.37 Å². The van der Waals surface area contributed by atoms with Gasteiger partial charge in [-0.05, 0) is 17.4 Å². The van der Waals surface area contributed by atoms with Crippen LogP contribution in [0, 0.1) is 5.82 Å². The molecule has 0 aliphatic carbocycles. The number of pyridine rings is 1. The van der Waals surface area contributed by atoms with E-state index in [9.17, 15) is 4.39 Å². The van der Waals surface area contributed by atoms with Crippen LogP contribution in [0.2, 0.25) is 0 Å². The Morgan fingerprint density at radius 2 is 1.94 bits per heavy atom. The van der Waals surface area contributed by atoms with Crippen molar-refractivity contribution in [3.8, 4) is 11.5 Å². The zero-order valence-electron chi connectivity index (χ0n) is 8.85. The van der Waals surface area contributed by atoms with Gasteiger partial charge in [-0.3, -0.25) is 0 Å². The van der Waals surface area contributed by atoms with Gasteiger partial charge in [0.2, 0.25) is 0 Å². The van der Waals surface area contributed by atoms with E-state index < -0.39 is 5.82 Å². The minimum absolute atomic E-state index is 0.0941. The third kappa shape index (κ3) is 2.63. The van der Waals surface area contributed by atoms with Crippen molar-refractivity contribution >= 4 is 26.0 Å². The van der Waals surface area contributed by atoms with Crippen LogP contribution in [0.15, 0.2) is 30.5 Å². The summed E-state index contributed by atoms with van der Waals surface area (Å²) in [5, 5.41) is 0.544. The zero-order valence-corrected chi connectivity index (χ0v) is 10.0. The molecular formula is C11H11FN3OP. The maximum Gasteiger partial charge on any atom is 0.150 e. The van der Waals surface area contributed by atoms with Gasteiger partial charge in [-0.1, -0.05) is 0 Å². The largest absolute Gasteiger partial charge is 0.457 e. The summed E-state index contributed by atoms with van der Waals surface area (Å²) < 4.78 is 18.8. The van der Waals surface area contributed by atoms with E-state index in [1.54, 1.807) is 18.2 Å². The lowest BCUT2D eigenvalue weighted by Crippen LogP contribution is -2.05. The van der Waals surface area contributed by atoms with Gasteiger partial charge < -0.3 is 16.2 Å². The fraction of sp³-hybridized carbons (Fsp3) is 0. The molecule has 1 aromatic heterocycles. The van der Waals surface area contributed by atoms with E-state index in [0.717, 1.165) is 0 Å². The Morgan fingerprint density at radius 3 is 2.59 bits per heavy atom. The Kier molecular flexibility index (Phi) is 3.11.